The first-order chi connectivity index (χ1) is 7.10. The largest absolute Gasteiger partial charge is 0.465 e. The number of aromatic nitrogens is 1. The van der Waals surface area contributed by atoms with Crippen molar-refractivity contribution < 1.29 is 19.1 Å². The average Bonchev–Trinajstić information content (AvgIpc) is 2.26. The zero-order valence-electron chi connectivity index (χ0n) is 8.20. The van der Waals surface area contributed by atoms with Gasteiger partial charge in [-0.1, -0.05) is 0 Å². The van der Waals surface area contributed by atoms with Gasteiger partial charge >= 0.3 is 11.9 Å². The minimum Gasteiger partial charge on any atom is -0.465 e. The number of rotatable bonds is 2. The Kier molecular flexibility index (Phi) is 3.22. The fourth-order valence-corrected chi connectivity index (χ4v) is 1.03. The van der Waals surface area contributed by atoms with Crippen LogP contribution in [0.4, 0.5) is 0 Å². The molecule has 0 bridgehead atoms. The number of nitrogens with one attached hydrogen (secondary N) is 1. The molecule has 6 heteroatoms. The second-order valence-corrected chi connectivity index (χ2v) is 2.61. The van der Waals surface area contributed by atoms with E-state index in [2.05, 4.69) is 14.5 Å². The molecule has 0 unspecified atom stereocenters. The van der Waals surface area contributed by atoms with E-state index in [0.29, 0.717) is 0 Å². The molecule has 1 heterocycles. The van der Waals surface area contributed by atoms with Crippen molar-refractivity contribution in [3.05, 3.63) is 33.7 Å². The van der Waals surface area contributed by atoms with Gasteiger partial charge in [0.05, 0.1) is 25.3 Å². The molecule has 1 aromatic rings. The maximum absolute atomic E-state index is 11.2. The summed E-state index contributed by atoms with van der Waals surface area (Å²) >= 11 is 0. The van der Waals surface area contributed by atoms with Crippen LogP contribution >= 0.6 is 0 Å². The Morgan fingerprint density at radius 2 is 1.67 bits per heavy atom. The summed E-state index contributed by atoms with van der Waals surface area (Å²) in [6, 6.07) is 0.984. The van der Waals surface area contributed by atoms with Gasteiger partial charge in [-0.25, -0.2) is 9.59 Å². The Labute approximate surface area is 84.8 Å². The SMILES string of the molecule is COC(=O)c1c[nH]c(=O)cc1C(=O)OC. The predicted molar refractivity (Wildman–Crippen MR) is 49.7 cm³/mol. The lowest BCUT2D eigenvalue weighted by atomic mass is 10.1. The summed E-state index contributed by atoms with van der Waals surface area (Å²) in [7, 11) is 2.33. The van der Waals surface area contributed by atoms with Crippen LogP contribution in [0.2, 0.25) is 0 Å². The monoisotopic (exact) mass is 211 g/mol. The lowest BCUT2D eigenvalue weighted by Gasteiger charge is -2.04. The van der Waals surface area contributed by atoms with E-state index in [1.807, 2.05) is 0 Å². The minimum absolute atomic E-state index is 0.0380. The molecule has 0 radical (unpaired) electrons. The van der Waals surface area contributed by atoms with E-state index in [9.17, 15) is 14.4 Å². The Morgan fingerprint density at radius 3 is 2.20 bits per heavy atom. The molecule has 0 aromatic carbocycles. The van der Waals surface area contributed by atoms with Crippen molar-refractivity contribution in [1.29, 1.82) is 0 Å². The molecule has 0 aliphatic heterocycles. The normalized spacial score (nSPS) is 9.47. The van der Waals surface area contributed by atoms with Crippen molar-refractivity contribution in [1.82, 2.24) is 4.98 Å². The topological polar surface area (TPSA) is 85.5 Å². The van der Waals surface area contributed by atoms with Crippen molar-refractivity contribution in [2.75, 3.05) is 14.2 Å². The maximum Gasteiger partial charge on any atom is 0.340 e. The fraction of sp³-hybridized carbons (Fsp3) is 0.222. The van der Waals surface area contributed by atoms with E-state index in [1.165, 1.54) is 7.11 Å². The summed E-state index contributed by atoms with van der Waals surface area (Å²) in [5.41, 5.74) is -0.653. The molecule has 1 N–H and O–H groups in total. The summed E-state index contributed by atoms with van der Waals surface area (Å²) in [6.45, 7) is 0. The van der Waals surface area contributed by atoms with Crippen LogP contribution in [0.25, 0.3) is 0 Å². The molecule has 15 heavy (non-hydrogen) atoms. The highest BCUT2D eigenvalue weighted by molar-refractivity contribution is 6.02. The smallest absolute Gasteiger partial charge is 0.340 e. The lowest BCUT2D eigenvalue weighted by molar-refractivity contribution is 0.0554. The summed E-state index contributed by atoms with van der Waals surface area (Å²) in [4.78, 5) is 35.7. The number of aromatic amines is 1. The Hall–Kier alpha value is -2.11. The highest BCUT2D eigenvalue weighted by Gasteiger charge is 2.18. The summed E-state index contributed by atoms with van der Waals surface area (Å²) in [5.74, 6) is -1.48. The molecule has 80 valence electrons. The van der Waals surface area contributed by atoms with Gasteiger partial charge in [-0.15, -0.1) is 0 Å². The van der Waals surface area contributed by atoms with E-state index in [1.54, 1.807) is 0 Å². The number of methoxy groups -OCH3 is 2. The van der Waals surface area contributed by atoms with Crippen LogP contribution in [0, 0.1) is 0 Å². The van der Waals surface area contributed by atoms with Crippen LogP contribution in [0.15, 0.2) is 17.1 Å². The molecular formula is C9H9NO5. The first-order valence-electron chi connectivity index (χ1n) is 3.99. The highest BCUT2D eigenvalue weighted by Crippen LogP contribution is 2.07. The van der Waals surface area contributed by atoms with Gasteiger partial charge in [0.25, 0.3) is 0 Å². The summed E-state index contributed by atoms with van der Waals surface area (Å²) in [5, 5.41) is 0. The van der Waals surface area contributed by atoms with Crippen LogP contribution in [-0.4, -0.2) is 31.1 Å². The number of ether oxygens (including phenoxy) is 2. The lowest BCUT2D eigenvalue weighted by Crippen LogP contribution is -2.17. The van der Waals surface area contributed by atoms with E-state index < -0.39 is 17.5 Å². The van der Waals surface area contributed by atoms with Crippen molar-refractivity contribution in [2.24, 2.45) is 0 Å². The van der Waals surface area contributed by atoms with E-state index in [4.69, 9.17) is 0 Å². The number of hydrogen-bond donors (Lipinski definition) is 1. The standard InChI is InChI=1S/C9H9NO5/c1-14-8(12)5-3-7(11)10-4-6(5)9(13)15-2/h3-4H,1-2H3,(H,10,11). The third-order valence-electron chi connectivity index (χ3n) is 1.73. The van der Waals surface area contributed by atoms with Crippen molar-refractivity contribution >= 4 is 11.9 Å². The fourth-order valence-electron chi connectivity index (χ4n) is 1.03. The third-order valence-corrected chi connectivity index (χ3v) is 1.73. The maximum atomic E-state index is 11.2. The zero-order chi connectivity index (χ0) is 11.4. The van der Waals surface area contributed by atoms with Gasteiger partial charge in [-0.3, -0.25) is 4.79 Å². The van der Waals surface area contributed by atoms with Gasteiger partial charge in [-0.2, -0.15) is 0 Å². The molecule has 0 saturated heterocycles. The predicted octanol–water partition coefficient (Wildman–Crippen LogP) is -0.0519. The van der Waals surface area contributed by atoms with Gasteiger partial charge in [0, 0.05) is 12.3 Å². The van der Waals surface area contributed by atoms with Crippen molar-refractivity contribution in [3.8, 4) is 0 Å². The van der Waals surface area contributed by atoms with Crippen LogP contribution < -0.4 is 5.56 Å². The van der Waals surface area contributed by atoms with Gasteiger partial charge in [0.15, 0.2) is 0 Å². The first kappa shape index (κ1) is 11.0. The minimum atomic E-state index is -0.762. The van der Waals surface area contributed by atoms with Gasteiger partial charge in [-0.05, 0) is 0 Å². The number of esters is 2. The van der Waals surface area contributed by atoms with Gasteiger partial charge in [0.2, 0.25) is 5.56 Å². The first-order valence-corrected chi connectivity index (χ1v) is 3.99. The number of hydrogen-bond acceptors (Lipinski definition) is 5. The Bertz CT molecular complexity index is 448. The molecule has 0 saturated carbocycles. The number of carbonyl (C=O) groups excluding carboxylic acids is 2. The summed E-state index contributed by atoms with van der Waals surface area (Å²) in [6.07, 6.45) is 1.11. The molecule has 1 rings (SSSR count). The molecule has 1 aromatic heterocycles. The Morgan fingerprint density at radius 1 is 1.13 bits per heavy atom. The molecule has 0 fully saturated rings. The van der Waals surface area contributed by atoms with E-state index >= 15 is 0 Å². The van der Waals surface area contributed by atoms with Crippen LogP contribution in [0.3, 0.4) is 0 Å². The number of H-pyrrole nitrogens is 1. The summed E-state index contributed by atoms with van der Waals surface area (Å²) < 4.78 is 8.87. The second kappa shape index (κ2) is 4.41. The molecule has 0 aliphatic rings. The quantitative estimate of drug-likeness (QED) is 0.693. The zero-order valence-corrected chi connectivity index (χ0v) is 8.20. The van der Waals surface area contributed by atoms with E-state index in [-0.39, 0.29) is 11.1 Å². The molecular weight excluding hydrogens is 202 g/mol. The van der Waals surface area contributed by atoms with Crippen molar-refractivity contribution in [3.63, 3.8) is 0 Å². The highest BCUT2D eigenvalue weighted by atomic mass is 16.5. The van der Waals surface area contributed by atoms with Gasteiger partial charge in [0.1, 0.15) is 0 Å². The number of pyridine rings is 1. The number of carbonyl (C=O) groups is 2. The Balaban J connectivity index is 3.32. The molecule has 6 nitrogen and oxygen atoms in total. The van der Waals surface area contributed by atoms with Crippen LogP contribution in [0.5, 0.6) is 0 Å². The molecule has 0 amide bonds. The molecule has 0 atom stereocenters. The van der Waals surface area contributed by atoms with Crippen LogP contribution in [-0.2, 0) is 9.47 Å². The molecule has 0 aliphatic carbocycles. The third kappa shape index (κ3) is 2.22. The average molecular weight is 211 g/mol. The molecule has 0 spiro atoms. The van der Waals surface area contributed by atoms with E-state index in [0.717, 1.165) is 19.4 Å². The van der Waals surface area contributed by atoms with Crippen molar-refractivity contribution in [2.45, 2.75) is 0 Å². The van der Waals surface area contributed by atoms with Gasteiger partial charge < -0.3 is 14.5 Å². The second-order valence-electron chi connectivity index (χ2n) is 2.61. The van der Waals surface area contributed by atoms with Crippen LogP contribution in [0.1, 0.15) is 20.7 Å².